The molecule has 0 fully saturated rings. The molecule has 2 heterocycles. The fraction of sp³-hybridized carbons (Fsp3) is 0.0769. The Bertz CT molecular complexity index is 1090. The van der Waals surface area contributed by atoms with Gasteiger partial charge in [-0.25, -0.2) is 0 Å². The van der Waals surface area contributed by atoms with Gasteiger partial charge in [0, 0.05) is 14.1 Å². The summed E-state index contributed by atoms with van der Waals surface area (Å²) >= 11 is 0. The third-order valence-electron chi connectivity index (χ3n) is 6.24. The monoisotopic (exact) mass is 401 g/mol. The minimum absolute atomic E-state index is 1.16. The quantitative estimate of drug-likeness (QED) is 0.362. The molecule has 0 atom stereocenters. The third kappa shape index (κ3) is 2.63. The first-order valence-electron chi connectivity index (χ1n) is 10.5. The van der Waals surface area contributed by atoms with Crippen molar-refractivity contribution in [3.05, 3.63) is 97.1 Å². The molecular weight excluding hydrogens is 379 g/mol. The van der Waals surface area contributed by atoms with Crippen molar-refractivity contribution in [3.63, 3.8) is 0 Å². The average molecular weight is 401 g/mol. The molecule has 2 aliphatic rings. The van der Waals surface area contributed by atoms with Crippen LogP contribution in [0.3, 0.4) is 0 Å². The molecule has 31 heavy (non-hydrogen) atoms. The van der Waals surface area contributed by atoms with Crippen LogP contribution in [0.2, 0.25) is 0 Å². The van der Waals surface area contributed by atoms with Crippen LogP contribution in [0.15, 0.2) is 97.1 Å². The van der Waals surface area contributed by atoms with Crippen LogP contribution in [0, 0.1) is 0 Å². The molecule has 2 aliphatic heterocycles. The Morgan fingerprint density at radius 2 is 0.613 bits per heavy atom. The Morgan fingerprint density at radius 1 is 0.387 bits per heavy atom. The van der Waals surface area contributed by atoms with E-state index in [9.17, 15) is 0 Å². The zero-order valence-corrected chi connectivity index (χ0v) is 17.6. The van der Waals surface area contributed by atoms with Crippen LogP contribution >= 0.6 is 0 Å². The number of anilines is 8. The Kier molecular flexibility index (Phi) is 3.96. The number of rotatable bonds is 2. The smallest absolute Gasteiger partial charge is 0.365 e. The van der Waals surface area contributed by atoms with Gasteiger partial charge in [-0.2, -0.15) is 0 Å². The number of fused-ring (bicyclic) bond motifs is 4. The standard InChI is InChI=1S/C26H22BN4/c1-28-19-11-3-7-15-23(19)30(24-16-8-4-12-20(24)28)27-31-25-17-9-5-13-21(25)29(2)22-14-6-10-18-26(22)31/h3-18H,1-2H3. The van der Waals surface area contributed by atoms with E-state index in [2.05, 4.69) is 138 Å². The maximum Gasteiger partial charge on any atom is 0.401 e. The molecule has 149 valence electrons. The Balaban J connectivity index is 1.53. The summed E-state index contributed by atoms with van der Waals surface area (Å²) < 4.78 is 0. The topological polar surface area (TPSA) is 13.0 Å². The predicted octanol–water partition coefficient (Wildman–Crippen LogP) is 6.36. The molecule has 0 spiro atoms. The lowest BCUT2D eigenvalue weighted by Gasteiger charge is -2.43. The summed E-state index contributed by atoms with van der Waals surface area (Å²) in [6.45, 7) is 0. The van der Waals surface area contributed by atoms with E-state index in [1.54, 1.807) is 0 Å². The maximum absolute atomic E-state index is 2.31. The fourth-order valence-corrected chi connectivity index (χ4v) is 4.69. The first-order valence-corrected chi connectivity index (χ1v) is 10.5. The van der Waals surface area contributed by atoms with E-state index < -0.39 is 0 Å². The van der Waals surface area contributed by atoms with Gasteiger partial charge < -0.3 is 19.4 Å². The van der Waals surface area contributed by atoms with Gasteiger partial charge in [-0.15, -0.1) is 0 Å². The molecule has 4 aromatic rings. The summed E-state index contributed by atoms with van der Waals surface area (Å²) in [5.74, 6) is 0. The summed E-state index contributed by atoms with van der Waals surface area (Å²) in [5, 5.41) is 0. The molecule has 0 aliphatic carbocycles. The molecule has 0 bridgehead atoms. The molecule has 0 saturated carbocycles. The highest BCUT2D eigenvalue weighted by molar-refractivity contribution is 6.53. The van der Waals surface area contributed by atoms with Gasteiger partial charge in [0.2, 0.25) is 0 Å². The Labute approximate surface area is 183 Å². The van der Waals surface area contributed by atoms with E-state index >= 15 is 0 Å². The highest BCUT2D eigenvalue weighted by Gasteiger charge is 2.33. The maximum atomic E-state index is 2.31. The van der Waals surface area contributed by atoms with Crippen molar-refractivity contribution in [2.45, 2.75) is 0 Å². The first kappa shape index (κ1) is 18.0. The third-order valence-corrected chi connectivity index (χ3v) is 6.24. The van der Waals surface area contributed by atoms with Crippen molar-refractivity contribution in [2.24, 2.45) is 0 Å². The summed E-state index contributed by atoms with van der Waals surface area (Å²) in [6, 6.07) is 34.3. The average Bonchev–Trinajstić information content (AvgIpc) is 2.84. The molecular formula is C26H22BN4. The number of hydrogen-bond acceptors (Lipinski definition) is 4. The van der Waals surface area contributed by atoms with Gasteiger partial charge in [-0.05, 0) is 48.5 Å². The number of hydrogen-bond donors (Lipinski definition) is 0. The Hall–Kier alpha value is -3.86. The fourth-order valence-electron chi connectivity index (χ4n) is 4.69. The van der Waals surface area contributed by atoms with Gasteiger partial charge in [0.05, 0.1) is 45.5 Å². The molecule has 1 radical (unpaired) electrons. The SMILES string of the molecule is CN1c2ccccc2N([B]N2c3ccccc3N(C)c3ccccc32)c2ccccc21. The van der Waals surface area contributed by atoms with Crippen molar-refractivity contribution in [3.8, 4) is 0 Å². The zero-order chi connectivity index (χ0) is 20.9. The first-order chi connectivity index (χ1) is 15.2. The van der Waals surface area contributed by atoms with Crippen molar-refractivity contribution >= 4 is 53.0 Å². The van der Waals surface area contributed by atoms with E-state index in [-0.39, 0.29) is 0 Å². The van der Waals surface area contributed by atoms with E-state index in [1.165, 1.54) is 22.7 Å². The van der Waals surface area contributed by atoms with Gasteiger partial charge in [-0.1, -0.05) is 48.5 Å². The predicted molar refractivity (Wildman–Crippen MR) is 132 cm³/mol. The molecule has 0 amide bonds. The van der Waals surface area contributed by atoms with Crippen molar-refractivity contribution < 1.29 is 0 Å². The normalized spacial score (nSPS) is 13.9. The Morgan fingerprint density at radius 3 is 0.871 bits per heavy atom. The van der Waals surface area contributed by atoms with Crippen molar-refractivity contribution in [2.75, 3.05) is 33.5 Å². The van der Waals surface area contributed by atoms with Crippen molar-refractivity contribution in [1.29, 1.82) is 0 Å². The minimum Gasteiger partial charge on any atom is -0.365 e. The summed E-state index contributed by atoms with van der Waals surface area (Å²) in [6.07, 6.45) is 0. The van der Waals surface area contributed by atoms with Crippen molar-refractivity contribution in [1.82, 2.24) is 0 Å². The largest absolute Gasteiger partial charge is 0.401 e. The van der Waals surface area contributed by atoms with Gasteiger partial charge in [0.25, 0.3) is 0 Å². The summed E-state index contributed by atoms with van der Waals surface area (Å²) in [5.41, 5.74) is 9.41. The molecule has 4 aromatic carbocycles. The summed E-state index contributed by atoms with van der Waals surface area (Å²) in [4.78, 5) is 9.15. The van der Waals surface area contributed by atoms with Crippen LogP contribution in [0.25, 0.3) is 0 Å². The molecule has 6 rings (SSSR count). The number of para-hydroxylation sites is 8. The van der Waals surface area contributed by atoms with Gasteiger partial charge in [0.1, 0.15) is 0 Å². The second-order valence-corrected chi connectivity index (χ2v) is 7.93. The zero-order valence-electron chi connectivity index (χ0n) is 17.6. The van der Waals surface area contributed by atoms with Crippen LogP contribution in [-0.2, 0) is 0 Å². The lowest BCUT2D eigenvalue weighted by atomic mass is 9.92. The highest BCUT2D eigenvalue weighted by Crippen LogP contribution is 2.50. The van der Waals surface area contributed by atoms with Crippen LogP contribution in [0.5, 0.6) is 0 Å². The van der Waals surface area contributed by atoms with Gasteiger partial charge in [-0.3, -0.25) is 0 Å². The second kappa shape index (κ2) is 6.84. The van der Waals surface area contributed by atoms with E-state index in [1.807, 2.05) is 0 Å². The molecule has 0 aromatic heterocycles. The van der Waals surface area contributed by atoms with Crippen LogP contribution in [0.4, 0.5) is 45.5 Å². The van der Waals surface area contributed by atoms with E-state index in [0.29, 0.717) is 0 Å². The lowest BCUT2D eigenvalue weighted by molar-refractivity contribution is 1.13. The second-order valence-electron chi connectivity index (χ2n) is 7.93. The minimum atomic E-state index is 1.16. The van der Waals surface area contributed by atoms with Gasteiger partial charge >= 0.3 is 7.55 Å². The molecule has 5 heteroatoms. The molecule has 0 unspecified atom stereocenters. The van der Waals surface area contributed by atoms with E-state index in [0.717, 1.165) is 22.7 Å². The van der Waals surface area contributed by atoms with Crippen LogP contribution in [-0.4, -0.2) is 21.6 Å². The van der Waals surface area contributed by atoms with Gasteiger partial charge in [0.15, 0.2) is 0 Å². The van der Waals surface area contributed by atoms with E-state index in [4.69, 9.17) is 0 Å². The van der Waals surface area contributed by atoms with Crippen LogP contribution < -0.4 is 19.4 Å². The molecule has 0 N–H and O–H groups in total. The number of benzene rings is 4. The number of nitrogens with zero attached hydrogens (tertiary/aromatic N) is 4. The molecule has 0 saturated heterocycles. The van der Waals surface area contributed by atoms with Crippen LogP contribution in [0.1, 0.15) is 0 Å². The lowest BCUT2D eigenvalue weighted by Crippen LogP contribution is -2.41. The summed E-state index contributed by atoms with van der Waals surface area (Å²) in [7, 11) is 6.50. The highest BCUT2D eigenvalue weighted by atomic mass is 15.3. The molecule has 4 nitrogen and oxygen atoms in total.